The third-order valence-electron chi connectivity index (χ3n) is 5.51. The smallest absolute Gasteiger partial charge is 0.257 e. The zero-order valence-corrected chi connectivity index (χ0v) is 20.1. The van der Waals surface area contributed by atoms with Gasteiger partial charge in [-0.2, -0.15) is 0 Å². The topological polar surface area (TPSA) is 79.9 Å². The van der Waals surface area contributed by atoms with Crippen molar-refractivity contribution < 1.29 is 19.1 Å². The minimum absolute atomic E-state index is 0.0574. The first-order valence-electron chi connectivity index (χ1n) is 11.4. The molecule has 0 bridgehead atoms. The van der Waals surface area contributed by atoms with Gasteiger partial charge in [0.1, 0.15) is 5.75 Å². The number of hydrogen-bond donors (Lipinski definition) is 2. The summed E-state index contributed by atoms with van der Waals surface area (Å²) in [5, 5.41) is 5.79. The van der Waals surface area contributed by atoms with Crippen LogP contribution < -0.4 is 15.4 Å². The van der Waals surface area contributed by atoms with Crippen molar-refractivity contribution >= 4 is 34.8 Å². The van der Waals surface area contributed by atoms with E-state index in [4.69, 9.17) is 21.7 Å². The van der Waals surface area contributed by atoms with Crippen LogP contribution in [0.1, 0.15) is 26.3 Å². The Labute approximate surface area is 210 Å². The zero-order valence-electron chi connectivity index (χ0n) is 19.2. The lowest BCUT2D eigenvalue weighted by Gasteiger charge is -2.27. The molecule has 1 saturated heterocycles. The van der Waals surface area contributed by atoms with Gasteiger partial charge in [-0.25, -0.2) is 0 Å². The third kappa shape index (κ3) is 7.11. The van der Waals surface area contributed by atoms with Gasteiger partial charge in [-0.15, -0.1) is 0 Å². The summed E-state index contributed by atoms with van der Waals surface area (Å²) in [6.07, 6.45) is 0.808. The molecular weight excluding hydrogens is 462 g/mol. The number of hydrogen-bond acceptors (Lipinski definition) is 5. The molecule has 1 aliphatic heterocycles. The molecule has 1 fully saturated rings. The summed E-state index contributed by atoms with van der Waals surface area (Å²) in [5.41, 5.74) is 2.84. The summed E-state index contributed by atoms with van der Waals surface area (Å²) in [4.78, 5) is 27.0. The van der Waals surface area contributed by atoms with Crippen LogP contribution in [-0.2, 0) is 11.2 Å². The summed E-state index contributed by atoms with van der Waals surface area (Å²) in [6.45, 7) is 2.78. The Kier molecular flexibility index (Phi) is 8.43. The Morgan fingerprint density at radius 1 is 0.914 bits per heavy atom. The molecule has 0 spiro atoms. The van der Waals surface area contributed by atoms with E-state index in [0.29, 0.717) is 55.5 Å². The van der Waals surface area contributed by atoms with Crippen molar-refractivity contribution in [1.82, 2.24) is 10.2 Å². The molecule has 2 N–H and O–H groups in total. The van der Waals surface area contributed by atoms with E-state index in [0.717, 1.165) is 6.42 Å². The fourth-order valence-electron chi connectivity index (χ4n) is 3.65. The SMILES string of the molecule is O=C(NC(=S)Nc1cccc(C(=O)N2CCOCC2)c1)c1ccc(OCCc2ccccc2)cc1. The first kappa shape index (κ1) is 24.4. The summed E-state index contributed by atoms with van der Waals surface area (Å²) in [5.74, 6) is 0.303. The van der Waals surface area contributed by atoms with Gasteiger partial charge in [-0.1, -0.05) is 36.4 Å². The van der Waals surface area contributed by atoms with E-state index in [1.807, 2.05) is 18.2 Å². The Bertz CT molecular complexity index is 1160. The molecule has 2 amide bonds. The standard InChI is InChI=1S/C27H27N3O4S/c31-25(21-9-11-24(12-10-21)34-16-13-20-5-2-1-3-6-20)29-27(35)28-23-8-4-7-22(19-23)26(32)30-14-17-33-18-15-30/h1-12,19H,13-18H2,(H2,28,29,31,35). The highest BCUT2D eigenvalue weighted by atomic mass is 32.1. The van der Waals surface area contributed by atoms with Crippen LogP contribution in [0.4, 0.5) is 5.69 Å². The molecule has 7 nitrogen and oxygen atoms in total. The number of carbonyl (C=O) groups excluding carboxylic acids is 2. The zero-order chi connectivity index (χ0) is 24.5. The number of anilines is 1. The van der Waals surface area contributed by atoms with Gasteiger partial charge in [0.05, 0.1) is 19.8 Å². The van der Waals surface area contributed by atoms with E-state index in [-0.39, 0.29) is 16.9 Å². The Balaban J connectivity index is 1.26. The maximum Gasteiger partial charge on any atom is 0.257 e. The molecule has 0 saturated carbocycles. The van der Waals surface area contributed by atoms with Crippen LogP contribution in [0.5, 0.6) is 5.75 Å². The summed E-state index contributed by atoms with van der Waals surface area (Å²) in [7, 11) is 0. The van der Waals surface area contributed by atoms with Crippen LogP contribution in [0.2, 0.25) is 0 Å². The average molecular weight is 490 g/mol. The Morgan fingerprint density at radius 2 is 1.66 bits per heavy atom. The second-order valence-electron chi connectivity index (χ2n) is 8.00. The van der Waals surface area contributed by atoms with Gasteiger partial charge in [-0.05, 0) is 60.2 Å². The minimum atomic E-state index is -0.334. The number of thiocarbonyl (C=S) groups is 1. The quantitative estimate of drug-likeness (QED) is 0.490. The number of nitrogens with one attached hydrogen (secondary N) is 2. The monoisotopic (exact) mass is 489 g/mol. The normalized spacial score (nSPS) is 13.1. The summed E-state index contributed by atoms with van der Waals surface area (Å²) >= 11 is 5.30. The molecular formula is C27H27N3O4S. The highest BCUT2D eigenvalue weighted by Crippen LogP contribution is 2.15. The first-order valence-corrected chi connectivity index (χ1v) is 11.9. The van der Waals surface area contributed by atoms with Gasteiger partial charge in [0, 0.05) is 36.3 Å². The van der Waals surface area contributed by atoms with Crippen LogP contribution in [0.15, 0.2) is 78.9 Å². The third-order valence-corrected chi connectivity index (χ3v) is 5.72. The van der Waals surface area contributed by atoms with Crippen molar-refractivity contribution in [2.45, 2.75) is 6.42 Å². The highest BCUT2D eigenvalue weighted by molar-refractivity contribution is 7.80. The number of morpholine rings is 1. The molecule has 0 radical (unpaired) electrons. The molecule has 0 aliphatic carbocycles. The van der Waals surface area contributed by atoms with E-state index in [1.54, 1.807) is 53.4 Å². The van der Waals surface area contributed by atoms with Crippen LogP contribution >= 0.6 is 12.2 Å². The van der Waals surface area contributed by atoms with Gasteiger partial charge >= 0.3 is 0 Å². The van der Waals surface area contributed by atoms with Crippen LogP contribution in [0, 0.1) is 0 Å². The molecule has 0 atom stereocenters. The predicted molar refractivity (Wildman–Crippen MR) is 139 cm³/mol. The molecule has 1 aliphatic rings. The van der Waals surface area contributed by atoms with Crippen molar-refractivity contribution in [3.63, 3.8) is 0 Å². The van der Waals surface area contributed by atoms with Gasteiger partial charge in [0.15, 0.2) is 5.11 Å². The maximum absolute atomic E-state index is 12.7. The Hall–Kier alpha value is -3.75. The molecule has 4 rings (SSSR count). The number of rotatable bonds is 7. The lowest BCUT2D eigenvalue weighted by molar-refractivity contribution is 0.0303. The van der Waals surface area contributed by atoms with Crippen LogP contribution in [0.3, 0.4) is 0 Å². The van der Waals surface area contributed by atoms with Gasteiger partial charge in [0.25, 0.3) is 11.8 Å². The van der Waals surface area contributed by atoms with Crippen molar-refractivity contribution in [1.29, 1.82) is 0 Å². The van der Waals surface area contributed by atoms with Crippen molar-refractivity contribution in [2.75, 3.05) is 38.2 Å². The number of nitrogens with zero attached hydrogens (tertiary/aromatic N) is 1. The number of ether oxygens (including phenoxy) is 2. The van der Waals surface area contributed by atoms with Gasteiger partial charge in [-0.3, -0.25) is 14.9 Å². The average Bonchev–Trinajstić information content (AvgIpc) is 2.90. The highest BCUT2D eigenvalue weighted by Gasteiger charge is 2.18. The molecule has 8 heteroatoms. The van der Waals surface area contributed by atoms with Crippen molar-refractivity contribution in [2.24, 2.45) is 0 Å². The second-order valence-corrected chi connectivity index (χ2v) is 8.41. The maximum atomic E-state index is 12.7. The predicted octanol–water partition coefficient (Wildman–Crippen LogP) is 3.91. The number of benzene rings is 3. The lowest BCUT2D eigenvalue weighted by Crippen LogP contribution is -2.40. The molecule has 1 heterocycles. The molecule has 180 valence electrons. The van der Waals surface area contributed by atoms with Crippen molar-refractivity contribution in [3.05, 3.63) is 95.6 Å². The number of amides is 2. The molecule has 3 aromatic carbocycles. The van der Waals surface area contributed by atoms with Crippen molar-refractivity contribution in [3.8, 4) is 5.75 Å². The fraction of sp³-hybridized carbons (Fsp3) is 0.222. The van der Waals surface area contributed by atoms with E-state index in [9.17, 15) is 9.59 Å². The van der Waals surface area contributed by atoms with Gasteiger partial charge in [0.2, 0.25) is 0 Å². The second kappa shape index (κ2) is 12.1. The van der Waals surface area contributed by atoms with E-state index in [1.165, 1.54) is 5.56 Å². The summed E-state index contributed by atoms with van der Waals surface area (Å²) in [6, 6.07) is 24.1. The molecule has 35 heavy (non-hydrogen) atoms. The van der Waals surface area contributed by atoms with Crippen LogP contribution in [0.25, 0.3) is 0 Å². The van der Waals surface area contributed by atoms with E-state index >= 15 is 0 Å². The van der Waals surface area contributed by atoms with E-state index in [2.05, 4.69) is 22.8 Å². The molecule has 0 unspecified atom stereocenters. The molecule has 3 aromatic rings. The van der Waals surface area contributed by atoms with E-state index < -0.39 is 0 Å². The van der Waals surface area contributed by atoms with Crippen LogP contribution in [-0.4, -0.2) is 54.7 Å². The summed E-state index contributed by atoms with van der Waals surface area (Å²) < 4.78 is 11.1. The molecule has 0 aromatic heterocycles. The fourth-order valence-corrected chi connectivity index (χ4v) is 3.86. The number of carbonyl (C=O) groups is 2. The largest absolute Gasteiger partial charge is 0.493 e. The van der Waals surface area contributed by atoms with Gasteiger partial charge < -0.3 is 19.7 Å². The lowest BCUT2D eigenvalue weighted by atomic mass is 10.1. The minimum Gasteiger partial charge on any atom is -0.493 e. The first-order chi connectivity index (χ1) is 17.1. The Morgan fingerprint density at radius 3 is 2.40 bits per heavy atom.